The molecule has 2 heterocycles. The van der Waals surface area contributed by atoms with E-state index in [-0.39, 0.29) is 17.8 Å². The molecule has 0 radical (unpaired) electrons. The van der Waals surface area contributed by atoms with Gasteiger partial charge in [-0.1, -0.05) is 13.3 Å². The SMILES string of the molecule is CCCC1CC(C(=O)NCCc2nc3ccc(F)cc3n2C)NN1. The van der Waals surface area contributed by atoms with Crippen LogP contribution in [0.1, 0.15) is 32.0 Å². The first-order valence-electron chi connectivity index (χ1n) is 8.48. The number of amides is 1. The van der Waals surface area contributed by atoms with Gasteiger partial charge in [0.2, 0.25) is 5.91 Å². The van der Waals surface area contributed by atoms with E-state index in [4.69, 9.17) is 0 Å². The van der Waals surface area contributed by atoms with Gasteiger partial charge in [0.1, 0.15) is 17.7 Å². The number of nitrogens with one attached hydrogen (secondary N) is 3. The van der Waals surface area contributed by atoms with Gasteiger partial charge in [-0.25, -0.2) is 14.8 Å². The highest BCUT2D eigenvalue weighted by atomic mass is 19.1. The van der Waals surface area contributed by atoms with Crippen molar-refractivity contribution in [3.05, 3.63) is 29.8 Å². The van der Waals surface area contributed by atoms with Crippen LogP contribution in [0.5, 0.6) is 0 Å². The first-order chi connectivity index (χ1) is 11.6. The van der Waals surface area contributed by atoms with Gasteiger partial charge in [0.15, 0.2) is 0 Å². The molecule has 3 N–H and O–H groups in total. The third kappa shape index (κ3) is 3.57. The Labute approximate surface area is 140 Å². The van der Waals surface area contributed by atoms with Crippen LogP contribution in [0.3, 0.4) is 0 Å². The van der Waals surface area contributed by atoms with Crippen molar-refractivity contribution < 1.29 is 9.18 Å². The molecule has 1 aliphatic rings. The number of nitrogens with zero attached hydrogens (tertiary/aromatic N) is 2. The summed E-state index contributed by atoms with van der Waals surface area (Å²) in [6, 6.07) is 4.74. The summed E-state index contributed by atoms with van der Waals surface area (Å²) in [5.41, 5.74) is 7.75. The van der Waals surface area contributed by atoms with Crippen molar-refractivity contribution in [3.63, 3.8) is 0 Å². The first-order valence-corrected chi connectivity index (χ1v) is 8.48. The van der Waals surface area contributed by atoms with Gasteiger partial charge in [-0.05, 0) is 31.0 Å². The molecule has 1 aliphatic heterocycles. The molecule has 2 atom stereocenters. The summed E-state index contributed by atoms with van der Waals surface area (Å²) in [6.07, 6.45) is 3.58. The molecule has 24 heavy (non-hydrogen) atoms. The molecule has 3 rings (SSSR count). The Morgan fingerprint density at radius 3 is 3.08 bits per heavy atom. The summed E-state index contributed by atoms with van der Waals surface area (Å²) in [5, 5.41) is 2.95. The summed E-state index contributed by atoms with van der Waals surface area (Å²) in [7, 11) is 1.86. The number of aryl methyl sites for hydroxylation is 1. The minimum Gasteiger partial charge on any atom is -0.354 e. The zero-order valence-electron chi connectivity index (χ0n) is 14.1. The van der Waals surface area contributed by atoms with Gasteiger partial charge in [0, 0.05) is 26.1 Å². The molecule has 1 aromatic carbocycles. The summed E-state index contributed by atoms with van der Waals surface area (Å²) in [5.74, 6) is 0.565. The number of hydrazine groups is 1. The highest BCUT2D eigenvalue weighted by molar-refractivity contribution is 5.82. The maximum Gasteiger partial charge on any atom is 0.238 e. The minimum atomic E-state index is -0.271. The van der Waals surface area contributed by atoms with Crippen LogP contribution in [-0.2, 0) is 18.3 Å². The first kappa shape index (κ1) is 16.9. The van der Waals surface area contributed by atoms with Crippen LogP contribution in [0.15, 0.2) is 18.2 Å². The lowest BCUT2D eigenvalue weighted by Crippen LogP contribution is -2.44. The number of fused-ring (bicyclic) bond motifs is 1. The lowest BCUT2D eigenvalue weighted by Gasteiger charge is -2.10. The van der Waals surface area contributed by atoms with Gasteiger partial charge in [0.05, 0.1) is 11.0 Å². The molecule has 2 unspecified atom stereocenters. The largest absolute Gasteiger partial charge is 0.354 e. The molecule has 6 nitrogen and oxygen atoms in total. The van der Waals surface area contributed by atoms with Crippen LogP contribution in [0.4, 0.5) is 4.39 Å². The van der Waals surface area contributed by atoms with Crippen molar-refractivity contribution in [2.24, 2.45) is 7.05 Å². The highest BCUT2D eigenvalue weighted by Crippen LogP contribution is 2.16. The van der Waals surface area contributed by atoms with Crippen LogP contribution in [0, 0.1) is 5.82 Å². The molecule has 0 saturated carbocycles. The number of aromatic nitrogens is 2. The molecule has 2 aromatic rings. The van der Waals surface area contributed by atoms with E-state index in [1.807, 2.05) is 11.6 Å². The molecule has 0 aliphatic carbocycles. The molecule has 1 saturated heterocycles. The number of carbonyl (C=O) groups is 1. The lowest BCUT2D eigenvalue weighted by atomic mass is 10.1. The summed E-state index contributed by atoms with van der Waals surface area (Å²) >= 11 is 0. The number of carbonyl (C=O) groups excluding carboxylic acids is 1. The molecule has 0 bridgehead atoms. The summed E-state index contributed by atoms with van der Waals surface area (Å²) < 4.78 is 15.2. The average molecular weight is 333 g/mol. The fraction of sp³-hybridized carbons (Fsp3) is 0.529. The topological polar surface area (TPSA) is 71.0 Å². The number of hydrogen-bond acceptors (Lipinski definition) is 4. The Kier molecular flexibility index (Phi) is 5.11. The molecule has 0 spiro atoms. The van der Waals surface area contributed by atoms with Crippen molar-refractivity contribution in [1.82, 2.24) is 25.7 Å². The quantitative estimate of drug-likeness (QED) is 0.747. The van der Waals surface area contributed by atoms with Gasteiger partial charge in [0.25, 0.3) is 0 Å². The summed E-state index contributed by atoms with van der Waals surface area (Å²) in [4.78, 5) is 16.7. The Bertz CT molecular complexity index is 729. The smallest absolute Gasteiger partial charge is 0.238 e. The summed E-state index contributed by atoms with van der Waals surface area (Å²) in [6.45, 7) is 2.65. The Hall–Kier alpha value is -1.99. The minimum absolute atomic E-state index is 0.00547. The normalized spacial score (nSPS) is 20.6. The molecular formula is C17H24FN5O. The number of benzene rings is 1. The zero-order chi connectivity index (χ0) is 17.1. The van der Waals surface area contributed by atoms with Crippen LogP contribution in [-0.4, -0.2) is 34.1 Å². The number of halogens is 1. The third-order valence-corrected chi connectivity index (χ3v) is 4.52. The zero-order valence-corrected chi connectivity index (χ0v) is 14.1. The predicted molar refractivity (Wildman–Crippen MR) is 90.8 cm³/mol. The fourth-order valence-corrected chi connectivity index (χ4v) is 3.19. The fourth-order valence-electron chi connectivity index (χ4n) is 3.19. The molecular weight excluding hydrogens is 309 g/mol. The Morgan fingerprint density at radius 2 is 2.29 bits per heavy atom. The van der Waals surface area contributed by atoms with Crippen molar-refractivity contribution in [3.8, 4) is 0 Å². The van der Waals surface area contributed by atoms with E-state index in [9.17, 15) is 9.18 Å². The molecule has 1 aromatic heterocycles. The maximum absolute atomic E-state index is 13.3. The third-order valence-electron chi connectivity index (χ3n) is 4.52. The maximum atomic E-state index is 13.3. The highest BCUT2D eigenvalue weighted by Gasteiger charge is 2.28. The van der Waals surface area contributed by atoms with E-state index in [2.05, 4.69) is 28.1 Å². The number of imidazole rings is 1. The van der Waals surface area contributed by atoms with E-state index < -0.39 is 0 Å². The second kappa shape index (κ2) is 7.27. The van der Waals surface area contributed by atoms with Crippen molar-refractivity contribution >= 4 is 16.9 Å². The lowest BCUT2D eigenvalue weighted by molar-refractivity contribution is -0.122. The van der Waals surface area contributed by atoms with Gasteiger partial charge in [-0.2, -0.15) is 0 Å². The van der Waals surface area contributed by atoms with Gasteiger partial charge in [-0.15, -0.1) is 0 Å². The van der Waals surface area contributed by atoms with Gasteiger partial charge < -0.3 is 9.88 Å². The van der Waals surface area contributed by atoms with Crippen LogP contribution >= 0.6 is 0 Å². The number of hydrogen-bond donors (Lipinski definition) is 3. The second-order valence-corrected chi connectivity index (χ2v) is 6.32. The molecule has 7 heteroatoms. The standard InChI is InChI=1S/C17H24FN5O/c1-3-4-12-10-14(22-21-12)17(24)19-8-7-16-20-13-6-5-11(18)9-15(13)23(16)2/h5-6,9,12,14,21-22H,3-4,7-8,10H2,1-2H3,(H,19,24). The van der Waals surface area contributed by atoms with Gasteiger partial charge in [-0.3, -0.25) is 10.2 Å². The predicted octanol–water partition coefficient (Wildman–Crippen LogP) is 1.41. The van der Waals surface area contributed by atoms with E-state index >= 15 is 0 Å². The van der Waals surface area contributed by atoms with Crippen LogP contribution in [0.2, 0.25) is 0 Å². The van der Waals surface area contributed by atoms with E-state index in [0.29, 0.717) is 19.0 Å². The average Bonchev–Trinajstić information content (AvgIpc) is 3.14. The Balaban J connectivity index is 1.53. The second-order valence-electron chi connectivity index (χ2n) is 6.32. The van der Waals surface area contributed by atoms with Crippen molar-refractivity contribution in [2.45, 2.75) is 44.7 Å². The van der Waals surface area contributed by atoms with Crippen molar-refractivity contribution in [2.75, 3.05) is 6.54 Å². The molecule has 130 valence electrons. The molecule has 1 fully saturated rings. The van der Waals surface area contributed by atoms with E-state index in [1.54, 1.807) is 6.07 Å². The molecule has 1 amide bonds. The van der Waals surface area contributed by atoms with Crippen LogP contribution < -0.4 is 16.2 Å². The monoisotopic (exact) mass is 333 g/mol. The van der Waals surface area contributed by atoms with Crippen molar-refractivity contribution in [1.29, 1.82) is 0 Å². The Morgan fingerprint density at radius 1 is 1.46 bits per heavy atom. The van der Waals surface area contributed by atoms with Crippen LogP contribution in [0.25, 0.3) is 11.0 Å². The van der Waals surface area contributed by atoms with E-state index in [1.165, 1.54) is 12.1 Å². The van der Waals surface area contributed by atoms with E-state index in [0.717, 1.165) is 36.1 Å². The number of rotatable bonds is 6. The van der Waals surface area contributed by atoms with Gasteiger partial charge >= 0.3 is 0 Å².